The van der Waals surface area contributed by atoms with Gasteiger partial charge in [-0.2, -0.15) is 0 Å². The molecule has 4 N–H and O–H groups in total. The zero-order valence-electron chi connectivity index (χ0n) is 13.8. The van der Waals surface area contributed by atoms with Gasteiger partial charge in [0.05, 0.1) is 23.1 Å². The van der Waals surface area contributed by atoms with Gasteiger partial charge in [0.2, 0.25) is 0 Å². The molecule has 2 aromatic rings. The Hall–Kier alpha value is -3.33. The Morgan fingerprint density at radius 2 is 1.92 bits per heavy atom. The first kappa shape index (κ1) is 19.0. The van der Waals surface area contributed by atoms with Crippen molar-refractivity contribution in [2.75, 3.05) is 6.54 Å². The molecule has 2 atom stereocenters. The maximum atomic E-state index is 11.9. The lowest BCUT2D eigenvalue weighted by Crippen LogP contribution is -2.29. The van der Waals surface area contributed by atoms with Gasteiger partial charge in [-0.25, -0.2) is 4.79 Å². The maximum absolute atomic E-state index is 11.9. The van der Waals surface area contributed by atoms with E-state index in [0.717, 1.165) is 0 Å². The first-order valence-corrected chi connectivity index (χ1v) is 7.67. The molecular weight excluding hydrogens is 344 g/mol. The van der Waals surface area contributed by atoms with Crippen molar-refractivity contribution in [2.45, 2.75) is 19.1 Å². The number of aliphatic hydroxyl groups excluding tert-OH is 1. The van der Waals surface area contributed by atoms with Crippen LogP contribution in [0.2, 0.25) is 0 Å². The SMILES string of the molecule is CC(OC(=O)NCC(O)c1ccc(O)c(O)c1)c1ccccc1[N+](=O)[O-]. The summed E-state index contributed by atoms with van der Waals surface area (Å²) in [5, 5.41) is 42.0. The van der Waals surface area contributed by atoms with Gasteiger partial charge in [0, 0.05) is 6.07 Å². The molecule has 9 nitrogen and oxygen atoms in total. The van der Waals surface area contributed by atoms with Crippen LogP contribution in [0.15, 0.2) is 42.5 Å². The molecule has 0 aromatic heterocycles. The van der Waals surface area contributed by atoms with Crippen molar-refractivity contribution in [3.8, 4) is 11.5 Å². The molecular formula is C17H18N2O7. The van der Waals surface area contributed by atoms with E-state index < -0.39 is 29.0 Å². The van der Waals surface area contributed by atoms with Crippen LogP contribution in [-0.4, -0.2) is 32.9 Å². The van der Waals surface area contributed by atoms with Gasteiger partial charge >= 0.3 is 6.09 Å². The summed E-state index contributed by atoms with van der Waals surface area (Å²) in [6.45, 7) is 1.28. The number of nitro benzene ring substituents is 1. The van der Waals surface area contributed by atoms with Gasteiger partial charge in [0.1, 0.15) is 6.10 Å². The number of phenolic OH excluding ortho intramolecular Hbond substituents is 2. The number of phenols is 2. The Morgan fingerprint density at radius 1 is 1.23 bits per heavy atom. The van der Waals surface area contributed by atoms with Crippen LogP contribution in [-0.2, 0) is 4.74 Å². The normalized spacial score (nSPS) is 12.8. The number of amides is 1. The highest BCUT2D eigenvalue weighted by molar-refractivity contribution is 5.67. The van der Waals surface area contributed by atoms with Gasteiger partial charge in [-0.1, -0.05) is 18.2 Å². The van der Waals surface area contributed by atoms with Crippen LogP contribution >= 0.6 is 0 Å². The number of para-hydroxylation sites is 1. The van der Waals surface area contributed by atoms with E-state index in [9.17, 15) is 30.2 Å². The second kappa shape index (κ2) is 8.17. The van der Waals surface area contributed by atoms with E-state index in [1.165, 1.54) is 43.3 Å². The lowest BCUT2D eigenvalue weighted by Gasteiger charge is -2.16. The summed E-state index contributed by atoms with van der Waals surface area (Å²) in [5.74, 6) is -0.722. The van der Waals surface area contributed by atoms with Crippen molar-refractivity contribution in [2.24, 2.45) is 0 Å². The molecule has 0 aliphatic heterocycles. The third-order valence-electron chi connectivity index (χ3n) is 3.68. The minimum absolute atomic E-state index is 0.160. The van der Waals surface area contributed by atoms with Crippen LogP contribution < -0.4 is 5.32 Å². The van der Waals surface area contributed by atoms with E-state index in [-0.39, 0.29) is 29.1 Å². The molecule has 138 valence electrons. The Balaban J connectivity index is 1.94. The van der Waals surface area contributed by atoms with Crippen molar-refractivity contribution in [1.29, 1.82) is 0 Å². The molecule has 0 bridgehead atoms. The molecule has 0 heterocycles. The number of carbonyl (C=O) groups excluding carboxylic acids is 1. The molecule has 0 saturated carbocycles. The van der Waals surface area contributed by atoms with E-state index in [2.05, 4.69) is 5.32 Å². The fourth-order valence-corrected chi connectivity index (χ4v) is 2.31. The molecule has 0 radical (unpaired) electrons. The van der Waals surface area contributed by atoms with Gasteiger partial charge in [0.25, 0.3) is 5.69 Å². The van der Waals surface area contributed by atoms with Gasteiger partial charge in [-0.3, -0.25) is 10.1 Å². The molecule has 0 saturated heterocycles. The molecule has 26 heavy (non-hydrogen) atoms. The van der Waals surface area contributed by atoms with Crippen LogP contribution in [0, 0.1) is 10.1 Å². The van der Waals surface area contributed by atoms with Crippen LogP contribution in [0.5, 0.6) is 11.5 Å². The number of aliphatic hydroxyl groups is 1. The van der Waals surface area contributed by atoms with E-state index in [1.807, 2.05) is 0 Å². The average Bonchev–Trinajstić information content (AvgIpc) is 2.61. The highest BCUT2D eigenvalue weighted by Crippen LogP contribution is 2.28. The Kier molecular flexibility index (Phi) is 5.97. The van der Waals surface area contributed by atoms with Crippen molar-refractivity contribution >= 4 is 11.8 Å². The van der Waals surface area contributed by atoms with E-state index in [0.29, 0.717) is 0 Å². The summed E-state index contributed by atoms with van der Waals surface area (Å²) in [5.41, 5.74) is 0.372. The molecule has 2 rings (SSSR count). The van der Waals surface area contributed by atoms with Crippen LogP contribution in [0.1, 0.15) is 30.3 Å². The Morgan fingerprint density at radius 3 is 2.58 bits per heavy atom. The molecule has 0 aliphatic rings. The number of benzene rings is 2. The molecule has 0 aliphatic carbocycles. The van der Waals surface area contributed by atoms with Crippen LogP contribution in [0.3, 0.4) is 0 Å². The second-order valence-corrected chi connectivity index (χ2v) is 5.51. The molecule has 2 unspecified atom stereocenters. The van der Waals surface area contributed by atoms with Crippen molar-refractivity contribution in [3.05, 3.63) is 63.7 Å². The zero-order valence-corrected chi connectivity index (χ0v) is 13.8. The van der Waals surface area contributed by atoms with E-state index >= 15 is 0 Å². The van der Waals surface area contributed by atoms with Crippen LogP contribution in [0.25, 0.3) is 0 Å². The fourth-order valence-electron chi connectivity index (χ4n) is 2.31. The number of nitrogens with zero attached hydrogens (tertiary/aromatic N) is 1. The number of rotatable bonds is 6. The number of ether oxygens (including phenoxy) is 1. The largest absolute Gasteiger partial charge is 0.504 e. The first-order chi connectivity index (χ1) is 12.3. The second-order valence-electron chi connectivity index (χ2n) is 5.51. The number of hydrogen-bond donors (Lipinski definition) is 4. The van der Waals surface area contributed by atoms with E-state index in [4.69, 9.17) is 4.74 Å². The third kappa shape index (κ3) is 4.61. The summed E-state index contributed by atoms with van der Waals surface area (Å²) >= 11 is 0. The number of alkyl carbamates (subject to hydrolysis) is 1. The predicted octanol–water partition coefficient (Wildman–Crippen LogP) is 2.53. The summed E-state index contributed by atoms with van der Waals surface area (Å²) in [6.07, 6.45) is -2.88. The Bertz CT molecular complexity index is 809. The topological polar surface area (TPSA) is 142 Å². The number of nitrogens with one attached hydrogen (secondary N) is 1. The maximum Gasteiger partial charge on any atom is 0.407 e. The smallest absolute Gasteiger partial charge is 0.407 e. The summed E-state index contributed by atoms with van der Waals surface area (Å²) < 4.78 is 5.10. The molecule has 1 amide bonds. The number of aromatic hydroxyl groups is 2. The fraction of sp³-hybridized carbons (Fsp3) is 0.235. The zero-order chi connectivity index (χ0) is 19.3. The number of hydrogen-bond acceptors (Lipinski definition) is 7. The highest BCUT2D eigenvalue weighted by atomic mass is 16.6. The lowest BCUT2D eigenvalue weighted by molar-refractivity contribution is -0.386. The predicted molar refractivity (Wildman–Crippen MR) is 90.7 cm³/mol. The molecule has 2 aromatic carbocycles. The van der Waals surface area contributed by atoms with Crippen molar-refractivity contribution < 1.29 is 29.8 Å². The van der Waals surface area contributed by atoms with E-state index in [1.54, 1.807) is 6.07 Å². The van der Waals surface area contributed by atoms with Gasteiger partial charge in [0.15, 0.2) is 11.5 Å². The first-order valence-electron chi connectivity index (χ1n) is 7.67. The minimum atomic E-state index is -1.14. The monoisotopic (exact) mass is 362 g/mol. The van der Waals surface area contributed by atoms with Crippen LogP contribution in [0.4, 0.5) is 10.5 Å². The summed E-state index contributed by atoms with van der Waals surface area (Å²) in [4.78, 5) is 22.3. The third-order valence-corrected chi connectivity index (χ3v) is 3.68. The summed E-state index contributed by atoms with van der Waals surface area (Å²) in [7, 11) is 0. The van der Waals surface area contributed by atoms with Crippen molar-refractivity contribution in [3.63, 3.8) is 0 Å². The number of carbonyl (C=O) groups is 1. The van der Waals surface area contributed by atoms with Gasteiger partial charge in [-0.05, 0) is 30.7 Å². The Labute approximate surface area is 148 Å². The van der Waals surface area contributed by atoms with Crippen molar-refractivity contribution in [1.82, 2.24) is 5.32 Å². The molecule has 0 fully saturated rings. The average molecular weight is 362 g/mol. The quantitative estimate of drug-likeness (QED) is 0.351. The highest BCUT2D eigenvalue weighted by Gasteiger charge is 2.21. The molecule has 9 heteroatoms. The number of nitro groups is 1. The minimum Gasteiger partial charge on any atom is -0.504 e. The molecule has 0 spiro atoms. The van der Waals surface area contributed by atoms with Gasteiger partial charge < -0.3 is 25.4 Å². The standard InChI is InChI=1S/C17H18N2O7/c1-10(12-4-2-3-5-13(12)19(24)25)26-17(23)18-9-16(22)11-6-7-14(20)15(21)8-11/h2-8,10,16,20-22H,9H2,1H3,(H,18,23). The summed E-state index contributed by atoms with van der Waals surface area (Å²) in [6, 6.07) is 9.69. The lowest BCUT2D eigenvalue weighted by atomic mass is 10.1. The van der Waals surface area contributed by atoms with Gasteiger partial charge in [-0.15, -0.1) is 0 Å².